The SMILES string of the molecule is CC1(C)CCN2CCC(C)(C)c3c2c1cc1cc(-c2ccc(-c4sc(-c5ccc(/C=C(/C#N)C(=O)O)s5)c5c4OCCO5)s2)c(=O)oc31. The Balaban J connectivity index is 1.22. The summed E-state index contributed by atoms with van der Waals surface area (Å²) in [5.41, 5.74) is 4.19. The Morgan fingerprint density at radius 2 is 1.56 bits per heavy atom. The quantitative estimate of drug-likeness (QED) is 0.110. The van der Waals surface area contributed by atoms with Gasteiger partial charge in [-0.25, -0.2) is 9.59 Å². The van der Waals surface area contributed by atoms with Gasteiger partial charge in [-0.05, 0) is 71.7 Å². The molecule has 8 nitrogen and oxygen atoms in total. The number of thiophene rings is 3. The van der Waals surface area contributed by atoms with E-state index in [2.05, 4.69) is 38.7 Å². The smallest absolute Gasteiger partial charge is 0.346 e. The average molecular weight is 697 g/mol. The molecule has 1 aromatic carbocycles. The predicted octanol–water partition coefficient (Wildman–Crippen LogP) is 8.91. The highest BCUT2D eigenvalue weighted by molar-refractivity contribution is 7.28. The molecule has 3 aliphatic rings. The summed E-state index contributed by atoms with van der Waals surface area (Å²) in [4.78, 5) is 32.6. The lowest BCUT2D eigenvalue weighted by atomic mass is 9.69. The summed E-state index contributed by atoms with van der Waals surface area (Å²) in [6, 6.07) is 13.7. The molecule has 7 heterocycles. The molecule has 11 heteroatoms. The predicted molar refractivity (Wildman–Crippen MR) is 192 cm³/mol. The number of carboxylic acid groups (broad SMARTS) is 1. The third kappa shape index (κ3) is 4.88. The lowest BCUT2D eigenvalue weighted by molar-refractivity contribution is -0.132. The van der Waals surface area contributed by atoms with E-state index in [0.29, 0.717) is 40.7 Å². The summed E-state index contributed by atoms with van der Waals surface area (Å²) >= 11 is 4.42. The Morgan fingerprint density at radius 3 is 2.25 bits per heavy atom. The third-order valence-corrected chi connectivity index (χ3v) is 13.4. The molecule has 8 rings (SSSR count). The summed E-state index contributed by atoms with van der Waals surface area (Å²) in [6.45, 7) is 12.0. The van der Waals surface area contributed by atoms with Crippen LogP contribution in [0.1, 0.15) is 56.5 Å². The van der Waals surface area contributed by atoms with E-state index in [4.69, 9.17) is 13.9 Å². The normalized spacial score (nSPS) is 17.6. The van der Waals surface area contributed by atoms with Crippen molar-refractivity contribution in [2.24, 2.45) is 0 Å². The van der Waals surface area contributed by atoms with Gasteiger partial charge in [0.25, 0.3) is 0 Å². The number of anilines is 1. The molecule has 0 saturated heterocycles. The lowest BCUT2D eigenvalue weighted by Crippen LogP contribution is -2.44. The molecule has 0 fully saturated rings. The minimum atomic E-state index is -1.26. The van der Waals surface area contributed by atoms with Crippen LogP contribution in [0.3, 0.4) is 0 Å². The second-order valence-electron chi connectivity index (χ2n) is 13.7. The molecule has 0 bridgehead atoms. The molecule has 48 heavy (non-hydrogen) atoms. The Bertz CT molecular complexity index is 2290. The van der Waals surface area contributed by atoms with Gasteiger partial charge in [-0.2, -0.15) is 5.26 Å². The van der Waals surface area contributed by atoms with Crippen molar-refractivity contribution >= 4 is 62.7 Å². The maximum absolute atomic E-state index is 13.7. The summed E-state index contributed by atoms with van der Waals surface area (Å²) in [7, 11) is 0. The Kier molecular flexibility index (Phi) is 7.14. The zero-order valence-corrected chi connectivity index (χ0v) is 29.3. The molecule has 3 aliphatic heterocycles. The van der Waals surface area contributed by atoms with Crippen molar-refractivity contribution in [1.82, 2.24) is 0 Å². The van der Waals surface area contributed by atoms with Crippen molar-refractivity contribution in [2.75, 3.05) is 31.2 Å². The number of rotatable bonds is 5. The molecule has 0 spiro atoms. The summed E-state index contributed by atoms with van der Waals surface area (Å²) in [5, 5.41) is 19.4. The molecule has 0 aliphatic carbocycles. The fourth-order valence-corrected chi connectivity index (χ4v) is 10.4. The average Bonchev–Trinajstić information content (AvgIpc) is 3.80. The van der Waals surface area contributed by atoms with Crippen LogP contribution in [0.25, 0.3) is 47.0 Å². The zero-order valence-electron chi connectivity index (χ0n) is 26.9. The van der Waals surface area contributed by atoms with Gasteiger partial charge in [0.1, 0.15) is 30.4 Å². The minimum absolute atomic E-state index is 0.0144. The number of aliphatic carboxylic acids is 1. The molecule has 1 N–H and O–H groups in total. The van der Waals surface area contributed by atoms with E-state index >= 15 is 0 Å². The second kappa shape index (κ2) is 11.1. The number of carbonyl (C=O) groups is 1. The van der Waals surface area contributed by atoms with Crippen LogP contribution in [0.15, 0.2) is 51.2 Å². The van der Waals surface area contributed by atoms with Gasteiger partial charge in [0.2, 0.25) is 0 Å². The maximum atomic E-state index is 13.7. The second-order valence-corrected chi connectivity index (χ2v) is 16.9. The lowest BCUT2D eigenvalue weighted by Gasteiger charge is -2.48. The molecule has 0 saturated carbocycles. The largest absolute Gasteiger partial charge is 0.485 e. The first-order chi connectivity index (χ1) is 22.9. The molecular formula is C37H32N2O6S3. The minimum Gasteiger partial charge on any atom is -0.485 e. The van der Waals surface area contributed by atoms with Crippen molar-refractivity contribution in [3.05, 3.63) is 68.4 Å². The number of nitriles is 1. The van der Waals surface area contributed by atoms with Crippen LogP contribution in [0.4, 0.5) is 5.69 Å². The van der Waals surface area contributed by atoms with Crippen LogP contribution < -0.4 is 20.0 Å². The van der Waals surface area contributed by atoms with E-state index in [1.807, 2.05) is 24.3 Å². The van der Waals surface area contributed by atoms with E-state index in [9.17, 15) is 20.0 Å². The van der Waals surface area contributed by atoms with Crippen LogP contribution in [-0.2, 0) is 15.6 Å². The first-order valence-corrected chi connectivity index (χ1v) is 18.3. The van der Waals surface area contributed by atoms with Crippen LogP contribution in [-0.4, -0.2) is 37.4 Å². The number of fused-ring (bicyclic) bond motifs is 3. The maximum Gasteiger partial charge on any atom is 0.346 e. The summed E-state index contributed by atoms with van der Waals surface area (Å²) in [6.07, 6.45) is 3.46. The van der Waals surface area contributed by atoms with E-state index in [1.54, 1.807) is 12.1 Å². The molecule has 0 unspecified atom stereocenters. The topological polar surface area (TPSA) is 113 Å². The van der Waals surface area contributed by atoms with Crippen molar-refractivity contribution in [2.45, 2.75) is 51.4 Å². The third-order valence-electron chi connectivity index (χ3n) is 9.71. The van der Waals surface area contributed by atoms with Gasteiger partial charge in [-0.15, -0.1) is 34.0 Å². The van der Waals surface area contributed by atoms with Crippen molar-refractivity contribution in [3.63, 3.8) is 0 Å². The molecule has 4 aromatic heterocycles. The Hall–Kier alpha value is -4.37. The highest BCUT2D eigenvalue weighted by atomic mass is 32.1. The fourth-order valence-electron chi connectivity index (χ4n) is 7.04. The van der Waals surface area contributed by atoms with E-state index < -0.39 is 5.97 Å². The summed E-state index contributed by atoms with van der Waals surface area (Å²) < 4.78 is 18.5. The Morgan fingerprint density at radius 1 is 0.917 bits per heavy atom. The highest BCUT2D eigenvalue weighted by Gasteiger charge is 2.42. The summed E-state index contributed by atoms with van der Waals surface area (Å²) in [5.74, 6) is 0.0476. The van der Waals surface area contributed by atoms with Gasteiger partial charge in [0, 0.05) is 49.2 Å². The van der Waals surface area contributed by atoms with Crippen molar-refractivity contribution < 1.29 is 23.8 Å². The fraction of sp³-hybridized carbons (Fsp3) is 0.324. The van der Waals surface area contributed by atoms with E-state index in [0.717, 1.165) is 61.3 Å². The molecular weight excluding hydrogens is 665 g/mol. The molecule has 0 atom stereocenters. The van der Waals surface area contributed by atoms with Gasteiger partial charge in [-0.1, -0.05) is 27.7 Å². The molecule has 5 aromatic rings. The van der Waals surface area contributed by atoms with Crippen molar-refractivity contribution in [3.8, 4) is 47.5 Å². The molecule has 0 amide bonds. The van der Waals surface area contributed by atoms with Gasteiger partial charge < -0.3 is 23.9 Å². The number of hydrogen-bond donors (Lipinski definition) is 1. The van der Waals surface area contributed by atoms with E-state index in [1.165, 1.54) is 51.3 Å². The number of carboxylic acids is 1. The van der Waals surface area contributed by atoms with Gasteiger partial charge in [-0.3, -0.25) is 0 Å². The molecule has 0 radical (unpaired) electrons. The van der Waals surface area contributed by atoms with Gasteiger partial charge in [0.05, 0.1) is 15.3 Å². The van der Waals surface area contributed by atoms with Crippen LogP contribution >= 0.6 is 34.0 Å². The zero-order chi connectivity index (χ0) is 33.5. The van der Waals surface area contributed by atoms with E-state index in [-0.39, 0.29) is 22.0 Å². The number of nitrogens with zero attached hydrogens (tertiary/aromatic N) is 2. The van der Waals surface area contributed by atoms with Crippen LogP contribution in [0.5, 0.6) is 11.5 Å². The van der Waals surface area contributed by atoms with Crippen molar-refractivity contribution in [1.29, 1.82) is 5.26 Å². The van der Waals surface area contributed by atoms with Gasteiger partial charge >= 0.3 is 11.6 Å². The van der Waals surface area contributed by atoms with Crippen LogP contribution in [0.2, 0.25) is 0 Å². The van der Waals surface area contributed by atoms with Gasteiger partial charge in [0.15, 0.2) is 11.5 Å². The molecule has 244 valence electrons. The first kappa shape index (κ1) is 30.9. The standard InChI is InChI=1S/C37H32N2O6S3/c1-36(2)9-11-39-12-10-37(3,4)27-28(39)23(36)17-19-16-22(35(42)45-29(19)27)24-7-8-26(47-24)33-31-30(43-13-14-44-31)32(48-33)25-6-5-21(46-25)15-20(18-38)34(40)41/h5-8,15-17H,9-14H2,1-4H3,(H,40,41)/b20-15-. The highest BCUT2D eigenvalue weighted by Crippen LogP contribution is 2.56. The van der Waals surface area contributed by atoms with Crippen LogP contribution in [0, 0.1) is 11.3 Å². The number of ether oxygens (including phenoxy) is 2. The number of hydrogen-bond acceptors (Lipinski definition) is 10. The monoisotopic (exact) mass is 696 g/mol. The number of benzene rings is 1. The first-order valence-electron chi connectivity index (χ1n) is 15.8. The Labute approximate surface area is 289 Å².